The summed E-state index contributed by atoms with van der Waals surface area (Å²) in [6, 6.07) is 5.67. The van der Waals surface area contributed by atoms with Crippen molar-refractivity contribution in [1.29, 1.82) is 0 Å². The number of benzene rings is 1. The van der Waals surface area contributed by atoms with Crippen molar-refractivity contribution < 1.29 is 9.47 Å². The fourth-order valence-electron chi connectivity index (χ4n) is 3.64. The van der Waals surface area contributed by atoms with E-state index in [0.29, 0.717) is 17.0 Å². The van der Waals surface area contributed by atoms with Crippen LogP contribution in [-0.4, -0.2) is 29.9 Å². The minimum absolute atomic E-state index is 0.386. The highest BCUT2D eigenvalue weighted by atomic mass is 35.5. The first-order valence-corrected chi connectivity index (χ1v) is 8.89. The topological polar surface area (TPSA) is 36.3 Å². The second kappa shape index (κ2) is 7.58. The number of aromatic nitrogens is 2. The molecular formula is C19H25ClN2O2. The second-order valence-electron chi connectivity index (χ2n) is 6.57. The van der Waals surface area contributed by atoms with Crippen LogP contribution >= 0.6 is 11.6 Å². The number of halogens is 1. The summed E-state index contributed by atoms with van der Waals surface area (Å²) >= 11 is 6.20. The predicted molar refractivity (Wildman–Crippen MR) is 96.7 cm³/mol. The van der Waals surface area contributed by atoms with Crippen LogP contribution in [0.5, 0.6) is 5.75 Å². The van der Waals surface area contributed by atoms with Gasteiger partial charge in [0.25, 0.3) is 0 Å². The van der Waals surface area contributed by atoms with E-state index in [1.807, 2.05) is 31.5 Å². The summed E-state index contributed by atoms with van der Waals surface area (Å²) in [5.41, 5.74) is 2.10. The summed E-state index contributed by atoms with van der Waals surface area (Å²) < 4.78 is 13.4. The van der Waals surface area contributed by atoms with Crippen LogP contribution in [0.25, 0.3) is 11.4 Å². The van der Waals surface area contributed by atoms with E-state index in [9.17, 15) is 0 Å². The molecule has 1 aliphatic carbocycles. The molecule has 1 aromatic heterocycles. The largest absolute Gasteiger partial charge is 0.496 e. The third-order valence-electron chi connectivity index (χ3n) is 4.97. The van der Waals surface area contributed by atoms with Gasteiger partial charge >= 0.3 is 0 Å². The van der Waals surface area contributed by atoms with Crippen LogP contribution in [0, 0.1) is 12.8 Å². The lowest BCUT2D eigenvalue weighted by molar-refractivity contribution is 0.0472. The highest BCUT2D eigenvalue weighted by Crippen LogP contribution is 2.34. The zero-order chi connectivity index (χ0) is 17.1. The Hall–Kier alpha value is -1.52. The van der Waals surface area contributed by atoms with Crippen molar-refractivity contribution in [2.24, 2.45) is 5.92 Å². The molecule has 3 rings (SSSR count). The molecule has 1 saturated carbocycles. The summed E-state index contributed by atoms with van der Waals surface area (Å²) in [5.74, 6) is 2.33. The molecule has 0 saturated heterocycles. The van der Waals surface area contributed by atoms with Gasteiger partial charge in [-0.3, -0.25) is 0 Å². The smallest absolute Gasteiger partial charge is 0.143 e. The third kappa shape index (κ3) is 3.60. The minimum Gasteiger partial charge on any atom is -0.496 e. The fourth-order valence-corrected chi connectivity index (χ4v) is 3.81. The zero-order valence-electron chi connectivity index (χ0n) is 14.6. The Bertz CT molecular complexity index is 699. The number of ether oxygens (including phenoxy) is 2. The Labute approximate surface area is 148 Å². The minimum atomic E-state index is 0.386. The standard InChI is InChI=1S/C19H25ClN2O2/c1-13-11-21-19(17-10-15(20)7-8-18(17)24-3)22(13)12-14-5-4-6-16(9-14)23-2/h7-8,10-11,14,16H,4-6,9,12H2,1-3H3. The number of nitrogens with zero attached hydrogens (tertiary/aromatic N) is 2. The van der Waals surface area contributed by atoms with Gasteiger partial charge in [0.2, 0.25) is 0 Å². The Balaban J connectivity index is 1.91. The van der Waals surface area contributed by atoms with E-state index in [-0.39, 0.29) is 0 Å². The van der Waals surface area contributed by atoms with Crippen molar-refractivity contribution in [2.75, 3.05) is 14.2 Å². The number of methoxy groups -OCH3 is 2. The molecule has 1 fully saturated rings. The first-order valence-electron chi connectivity index (χ1n) is 8.51. The Morgan fingerprint density at radius 2 is 2.12 bits per heavy atom. The number of hydrogen-bond acceptors (Lipinski definition) is 3. The van der Waals surface area contributed by atoms with Crippen molar-refractivity contribution in [3.63, 3.8) is 0 Å². The first-order chi connectivity index (χ1) is 11.6. The molecule has 0 aliphatic heterocycles. The molecule has 0 spiro atoms. The van der Waals surface area contributed by atoms with E-state index in [0.717, 1.165) is 35.8 Å². The quantitative estimate of drug-likeness (QED) is 0.784. The number of hydrogen-bond donors (Lipinski definition) is 0. The summed E-state index contributed by atoms with van der Waals surface area (Å²) in [7, 11) is 3.50. The van der Waals surface area contributed by atoms with Gasteiger partial charge in [0.1, 0.15) is 11.6 Å². The van der Waals surface area contributed by atoms with Gasteiger partial charge in [-0.05, 0) is 50.3 Å². The summed E-state index contributed by atoms with van der Waals surface area (Å²) in [6.07, 6.45) is 7.06. The molecule has 130 valence electrons. The zero-order valence-corrected chi connectivity index (χ0v) is 15.3. The van der Waals surface area contributed by atoms with Gasteiger partial charge in [0.15, 0.2) is 0 Å². The van der Waals surface area contributed by atoms with Gasteiger partial charge in [0, 0.05) is 30.6 Å². The van der Waals surface area contributed by atoms with E-state index < -0.39 is 0 Å². The lowest BCUT2D eigenvalue weighted by atomic mass is 9.87. The van der Waals surface area contributed by atoms with Crippen molar-refractivity contribution in [1.82, 2.24) is 9.55 Å². The highest BCUT2D eigenvalue weighted by Gasteiger charge is 2.24. The van der Waals surface area contributed by atoms with Crippen LogP contribution < -0.4 is 4.74 Å². The van der Waals surface area contributed by atoms with Gasteiger partial charge in [-0.1, -0.05) is 18.0 Å². The van der Waals surface area contributed by atoms with Crippen LogP contribution in [0.1, 0.15) is 31.4 Å². The van der Waals surface area contributed by atoms with Gasteiger partial charge in [-0.2, -0.15) is 0 Å². The number of aryl methyl sites for hydroxylation is 1. The van der Waals surface area contributed by atoms with Crippen molar-refractivity contribution >= 4 is 11.6 Å². The van der Waals surface area contributed by atoms with Crippen LogP contribution in [0.2, 0.25) is 5.02 Å². The van der Waals surface area contributed by atoms with Crippen molar-refractivity contribution in [3.8, 4) is 17.1 Å². The molecule has 5 heteroatoms. The lowest BCUT2D eigenvalue weighted by Gasteiger charge is -2.29. The highest BCUT2D eigenvalue weighted by molar-refractivity contribution is 6.30. The molecule has 2 aromatic rings. The second-order valence-corrected chi connectivity index (χ2v) is 7.01. The lowest BCUT2D eigenvalue weighted by Crippen LogP contribution is -2.25. The number of imidazole rings is 1. The molecule has 24 heavy (non-hydrogen) atoms. The number of rotatable bonds is 5. The molecule has 0 bridgehead atoms. The van der Waals surface area contributed by atoms with Crippen molar-refractivity contribution in [3.05, 3.63) is 35.1 Å². The Kier molecular flexibility index (Phi) is 5.47. The third-order valence-corrected chi connectivity index (χ3v) is 5.20. The molecule has 1 aliphatic rings. The maximum atomic E-state index is 6.20. The maximum absolute atomic E-state index is 6.20. The summed E-state index contributed by atoms with van der Waals surface area (Å²) in [4.78, 5) is 4.63. The SMILES string of the molecule is COc1ccc(Cl)cc1-c1ncc(C)n1CC1CCCC(OC)C1. The molecule has 2 unspecified atom stereocenters. The van der Waals surface area contributed by atoms with E-state index in [4.69, 9.17) is 21.1 Å². The van der Waals surface area contributed by atoms with Gasteiger partial charge in [-0.15, -0.1) is 0 Å². The normalized spacial score (nSPS) is 21.0. The monoisotopic (exact) mass is 348 g/mol. The van der Waals surface area contributed by atoms with Crippen molar-refractivity contribution in [2.45, 2.75) is 45.3 Å². The summed E-state index contributed by atoms with van der Waals surface area (Å²) in [5, 5.41) is 0.690. The Morgan fingerprint density at radius 3 is 2.88 bits per heavy atom. The molecule has 0 amide bonds. The molecule has 2 atom stereocenters. The molecule has 1 aromatic carbocycles. The maximum Gasteiger partial charge on any atom is 0.143 e. The van der Waals surface area contributed by atoms with E-state index in [1.165, 1.54) is 19.3 Å². The average molecular weight is 349 g/mol. The molecule has 4 nitrogen and oxygen atoms in total. The van der Waals surface area contributed by atoms with E-state index in [1.54, 1.807) is 7.11 Å². The predicted octanol–water partition coefficient (Wildman–Crippen LogP) is 4.73. The molecule has 0 radical (unpaired) electrons. The van der Waals surface area contributed by atoms with Gasteiger partial charge < -0.3 is 14.0 Å². The van der Waals surface area contributed by atoms with Crippen LogP contribution in [-0.2, 0) is 11.3 Å². The van der Waals surface area contributed by atoms with Gasteiger partial charge in [-0.25, -0.2) is 4.98 Å². The first kappa shape index (κ1) is 17.3. The van der Waals surface area contributed by atoms with Crippen LogP contribution in [0.3, 0.4) is 0 Å². The Morgan fingerprint density at radius 1 is 1.29 bits per heavy atom. The van der Waals surface area contributed by atoms with Crippen LogP contribution in [0.4, 0.5) is 0 Å². The molecular weight excluding hydrogens is 324 g/mol. The molecule has 0 N–H and O–H groups in total. The molecule has 1 heterocycles. The average Bonchev–Trinajstić information content (AvgIpc) is 2.95. The van der Waals surface area contributed by atoms with E-state index >= 15 is 0 Å². The summed E-state index contributed by atoms with van der Waals surface area (Å²) in [6.45, 7) is 3.06. The van der Waals surface area contributed by atoms with E-state index in [2.05, 4.69) is 16.5 Å². The van der Waals surface area contributed by atoms with Crippen LogP contribution in [0.15, 0.2) is 24.4 Å². The fraction of sp³-hybridized carbons (Fsp3) is 0.526. The van der Waals surface area contributed by atoms with Gasteiger partial charge in [0.05, 0.1) is 18.8 Å².